The van der Waals surface area contributed by atoms with Gasteiger partial charge in [-0.3, -0.25) is 14.3 Å². The summed E-state index contributed by atoms with van der Waals surface area (Å²) in [6, 6.07) is 7.96. The van der Waals surface area contributed by atoms with Crippen LogP contribution >= 0.6 is 0 Å². The minimum atomic E-state index is 0.0663. The third-order valence-corrected chi connectivity index (χ3v) is 6.30. The van der Waals surface area contributed by atoms with Gasteiger partial charge in [0.05, 0.1) is 30.1 Å². The van der Waals surface area contributed by atoms with E-state index in [-0.39, 0.29) is 11.6 Å². The molecule has 0 bridgehead atoms. The zero-order chi connectivity index (χ0) is 19.7. The number of rotatable bonds is 7. The Labute approximate surface area is 167 Å². The normalized spacial score (nSPS) is 24.5. The van der Waals surface area contributed by atoms with Crippen molar-refractivity contribution >= 4 is 10.9 Å². The second-order valence-electron chi connectivity index (χ2n) is 9.03. The first-order valence-corrected chi connectivity index (χ1v) is 10.8. The molecule has 152 valence electrons. The van der Waals surface area contributed by atoms with Crippen molar-refractivity contribution in [3.63, 3.8) is 0 Å². The zero-order valence-corrected chi connectivity index (χ0v) is 17.4. The van der Waals surface area contributed by atoms with Gasteiger partial charge in [0.15, 0.2) is 0 Å². The van der Waals surface area contributed by atoms with Crippen LogP contribution in [0.1, 0.15) is 51.4 Å². The van der Waals surface area contributed by atoms with Gasteiger partial charge in [-0.2, -0.15) is 0 Å². The molecule has 1 saturated carbocycles. The van der Waals surface area contributed by atoms with Crippen LogP contribution in [0.3, 0.4) is 0 Å². The number of piperidine rings is 1. The minimum absolute atomic E-state index is 0.0663. The number of fused-ring (bicyclic) bond motifs is 1. The number of nitrogens with zero attached hydrogens (tertiary/aromatic N) is 3. The molecule has 2 heterocycles. The van der Waals surface area contributed by atoms with E-state index in [0.29, 0.717) is 30.4 Å². The van der Waals surface area contributed by atoms with Crippen molar-refractivity contribution in [3.05, 3.63) is 40.4 Å². The summed E-state index contributed by atoms with van der Waals surface area (Å²) in [5.41, 5.74) is 0.881. The third-order valence-electron chi connectivity index (χ3n) is 6.30. The van der Waals surface area contributed by atoms with Gasteiger partial charge in [0.2, 0.25) is 0 Å². The zero-order valence-electron chi connectivity index (χ0n) is 17.4. The van der Waals surface area contributed by atoms with Crippen molar-refractivity contribution < 1.29 is 4.74 Å². The van der Waals surface area contributed by atoms with E-state index in [0.717, 1.165) is 36.8 Å². The Bertz CT molecular complexity index is 864. The highest BCUT2D eigenvalue weighted by Crippen LogP contribution is 2.41. The highest BCUT2D eigenvalue weighted by molar-refractivity contribution is 5.77. The van der Waals surface area contributed by atoms with E-state index in [9.17, 15) is 4.79 Å². The fourth-order valence-corrected chi connectivity index (χ4v) is 4.89. The predicted molar refractivity (Wildman–Crippen MR) is 112 cm³/mol. The summed E-state index contributed by atoms with van der Waals surface area (Å²) in [5, 5.41) is 0.702. The molecule has 5 heteroatoms. The van der Waals surface area contributed by atoms with Crippen LogP contribution in [-0.4, -0.2) is 41.3 Å². The van der Waals surface area contributed by atoms with Gasteiger partial charge in [-0.05, 0) is 42.7 Å². The van der Waals surface area contributed by atoms with Crippen LogP contribution in [0.25, 0.3) is 10.9 Å². The Morgan fingerprint density at radius 1 is 1.18 bits per heavy atom. The van der Waals surface area contributed by atoms with Crippen LogP contribution < -0.4 is 5.56 Å². The van der Waals surface area contributed by atoms with Crippen molar-refractivity contribution in [2.24, 2.45) is 17.8 Å². The molecule has 1 unspecified atom stereocenters. The number of benzene rings is 1. The summed E-state index contributed by atoms with van der Waals surface area (Å²) in [6.45, 7) is 7.97. The van der Waals surface area contributed by atoms with E-state index in [4.69, 9.17) is 9.72 Å². The van der Waals surface area contributed by atoms with Crippen LogP contribution in [0.4, 0.5) is 0 Å². The Kier molecular flexibility index (Phi) is 5.83. The first kappa shape index (κ1) is 19.6. The van der Waals surface area contributed by atoms with Gasteiger partial charge in [0.1, 0.15) is 5.82 Å². The highest BCUT2D eigenvalue weighted by Gasteiger charge is 2.35. The fraction of sp³-hybridized carbons (Fsp3) is 0.652. The molecule has 0 radical (unpaired) electrons. The second-order valence-corrected chi connectivity index (χ2v) is 9.03. The molecule has 1 saturated heterocycles. The largest absolute Gasteiger partial charge is 0.383 e. The number of hydrogen-bond donors (Lipinski definition) is 0. The average molecular weight is 384 g/mol. The lowest BCUT2D eigenvalue weighted by atomic mass is 9.90. The Hall–Kier alpha value is -1.72. The van der Waals surface area contributed by atoms with E-state index < -0.39 is 0 Å². The maximum atomic E-state index is 13.3. The molecule has 28 heavy (non-hydrogen) atoms. The summed E-state index contributed by atoms with van der Waals surface area (Å²) in [6.07, 6.45) is 5.02. The SMILES string of the molecule is COCCn1c(C(CC2CC2)N2C[C@H](C)C[C@H](C)C2)nc2ccccc2c1=O. The molecule has 1 aromatic carbocycles. The molecule has 1 aliphatic carbocycles. The van der Waals surface area contributed by atoms with Crippen LogP contribution in [0, 0.1) is 17.8 Å². The van der Waals surface area contributed by atoms with Crippen molar-refractivity contribution in [3.8, 4) is 0 Å². The van der Waals surface area contributed by atoms with Crippen LogP contribution in [-0.2, 0) is 11.3 Å². The van der Waals surface area contributed by atoms with Crippen molar-refractivity contribution in [1.29, 1.82) is 0 Å². The van der Waals surface area contributed by atoms with E-state index in [1.807, 2.05) is 28.8 Å². The molecular weight excluding hydrogens is 350 g/mol. The van der Waals surface area contributed by atoms with Gasteiger partial charge in [-0.1, -0.05) is 38.8 Å². The van der Waals surface area contributed by atoms with Gasteiger partial charge in [-0.15, -0.1) is 0 Å². The van der Waals surface area contributed by atoms with Crippen molar-refractivity contribution in [1.82, 2.24) is 14.5 Å². The van der Waals surface area contributed by atoms with E-state index in [1.54, 1.807) is 7.11 Å². The van der Waals surface area contributed by atoms with Gasteiger partial charge in [0.25, 0.3) is 5.56 Å². The lowest BCUT2D eigenvalue weighted by Crippen LogP contribution is -2.43. The lowest BCUT2D eigenvalue weighted by Gasteiger charge is -2.40. The molecule has 1 aromatic heterocycles. The van der Waals surface area contributed by atoms with Crippen LogP contribution in [0.15, 0.2) is 29.1 Å². The molecular formula is C23H33N3O2. The highest BCUT2D eigenvalue weighted by atomic mass is 16.5. The van der Waals surface area contributed by atoms with Gasteiger partial charge < -0.3 is 4.74 Å². The minimum Gasteiger partial charge on any atom is -0.383 e. The molecule has 0 N–H and O–H groups in total. The molecule has 2 fully saturated rings. The van der Waals surface area contributed by atoms with Crippen molar-refractivity contribution in [2.75, 3.05) is 26.8 Å². The number of methoxy groups -OCH3 is 1. The second kappa shape index (κ2) is 8.34. The maximum absolute atomic E-state index is 13.3. The van der Waals surface area contributed by atoms with Crippen LogP contribution in [0.5, 0.6) is 0 Å². The summed E-state index contributed by atoms with van der Waals surface area (Å²) >= 11 is 0. The Balaban J connectivity index is 1.80. The predicted octanol–water partition coefficient (Wildman–Crippen LogP) is 3.86. The summed E-state index contributed by atoms with van der Waals surface area (Å²) in [5.74, 6) is 3.08. The molecule has 1 aliphatic heterocycles. The summed E-state index contributed by atoms with van der Waals surface area (Å²) < 4.78 is 7.21. The average Bonchev–Trinajstić information content (AvgIpc) is 3.49. The number of aromatic nitrogens is 2. The Morgan fingerprint density at radius 3 is 2.57 bits per heavy atom. The first-order chi connectivity index (χ1) is 13.6. The number of likely N-dealkylation sites (tertiary alicyclic amines) is 1. The van der Waals surface area contributed by atoms with Crippen molar-refractivity contribution in [2.45, 2.75) is 52.1 Å². The van der Waals surface area contributed by atoms with E-state index in [1.165, 1.54) is 19.3 Å². The van der Waals surface area contributed by atoms with E-state index in [2.05, 4.69) is 18.7 Å². The molecule has 3 atom stereocenters. The first-order valence-electron chi connectivity index (χ1n) is 10.8. The number of hydrogen-bond acceptors (Lipinski definition) is 4. The number of para-hydroxylation sites is 1. The van der Waals surface area contributed by atoms with Gasteiger partial charge in [-0.25, -0.2) is 4.98 Å². The molecule has 4 rings (SSSR count). The quantitative estimate of drug-likeness (QED) is 0.728. The molecule has 5 nitrogen and oxygen atoms in total. The standard InChI is InChI=1S/C23H33N3O2/c1-16-12-17(2)15-25(14-16)21(13-18-8-9-18)22-24-20-7-5-4-6-19(20)23(27)26(22)10-11-28-3/h4-7,16-18,21H,8-15H2,1-3H3/t16-,17+,21?. The topological polar surface area (TPSA) is 47.4 Å². The maximum Gasteiger partial charge on any atom is 0.261 e. The third kappa shape index (κ3) is 4.15. The molecule has 0 spiro atoms. The van der Waals surface area contributed by atoms with E-state index >= 15 is 0 Å². The Morgan fingerprint density at radius 2 is 1.89 bits per heavy atom. The van der Waals surface area contributed by atoms with Crippen LogP contribution in [0.2, 0.25) is 0 Å². The monoisotopic (exact) mass is 383 g/mol. The molecule has 2 aromatic rings. The fourth-order valence-electron chi connectivity index (χ4n) is 4.89. The molecule has 2 aliphatic rings. The van der Waals surface area contributed by atoms with Gasteiger partial charge in [0, 0.05) is 20.2 Å². The lowest BCUT2D eigenvalue weighted by molar-refractivity contribution is 0.0797. The summed E-state index contributed by atoms with van der Waals surface area (Å²) in [4.78, 5) is 21.0. The smallest absolute Gasteiger partial charge is 0.261 e. The number of ether oxygens (including phenoxy) is 1. The summed E-state index contributed by atoms with van der Waals surface area (Å²) in [7, 11) is 1.69. The van der Waals surface area contributed by atoms with Gasteiger partial charge >= 0.3 is 0 Å². The molecule has 0 amide bonds.